The van der Waals surface area contributed by atoms with E-state index in [-0.39, 0.29) is 18.4 Å². The van der Waals surface area contributed by atoms with E-state index in [0.717, 1.165) is 38.0 Å². The van der Waals surface area contributed by atoms with Crippen molar-refractivity contribution in [3.8, 4) is 0 Å². The van der Waals surface area contributed by atoms with E-state index in [0.29, 0.717) is 0 Å². The first kappa shape index (κ1) is 14.4. The lowest BCUT2D eigenvalue weighted by atomic mass is 10.1. The predicted octanol–water partition coefficient (Wildman–Crippen LogP) is 1.60. The number of nitrogens with one attached hydrogen (secondary N) is 1. The average Bonchev–Trinajstić information content (AvgIpc) is 3.00. The highest BCUT2D eigenvalue weighted by Gasteiger charge is 2.16. The number of aryl methyl sites for hydroxylation is 1. The Morgan fingerprint density at radius 3 is 2.55 bits per heavy atom. The highest BCUT2D eigenvalue weighted by molar-refractivity contribution is 5.93. The number of hydrogen-bond acceptors (Lipinski definition) is 2. The predicted molar refractivity (Wildman–Crippen MR) is 81.7 cm³/mol. The third kappa shape index (κ3) is 3.98. The van der Waals surface area contributed by atoms with Crippen LogP contribution in [0.15, 0.2) is 29.3 Å². The second-order valence-corrected chi connectivity index (χ2v) is 4.96. The van der Waals surface area contributed by atoms with Crippen molar-refractivity contribution in [2.45, 2.75) is 26.2 Å². The maximum atomic E-state index is 11.8. The summed E-state index contributed by atoms with van der Waals surface area (Å²) in [6.45, 7) is 3.93. The molecule has 1 fully saturated rings. The molecule has 1 aromatic carbocycles. The number of amides is 1. The lowest BCUT2D eigenvalue weighted by Gasteiger charge is -2.13. The molecule has 1 amide bonds. The van der Waals surface area contributed by atoms with Crippen molar-refractivity contribution in [2.75, 3.05) is 25.0 Å². The second-order valence-electron chi connectivity index (χ2n) is 4.96. The van der Waals surface area contributed by atoms with Gasteiger partial charge in [0, 0.05) is 18.8 Å². The van der Waals surface area contributed by atoms with E-state index >= 15 is 0 Å². The van der Waals surface area contributed by atoms with Gasteiger partial charge in [-0.05, 0) is 37.0 Å². The molecule has 0 unspecified atom stereocenters. The summed E-state index contributed by atoms with van der Waals surface area (Å²) in [6.07, 6.45) is 3.19. The SMILES string of the molecule is CCc1ccc(NC(N)=NCC(=O)N2CCCC2)cc1. The maximum absolute atomic E-state index is 11.8. The largest absolute Gasteiger partial charge is 0.370 e. The Balaban J connectivity index is 1.84. The highest BCUT2D eigenvalue weighted by atomic mass is 16.2. The number of carbonyl (C=O) groups is 1. The summed E-state index contributed by atoms with van der Waals surface area (Å²) in [6, 6.07) is 8.02. The van der Waals surface area contributed by atoms with E-state index < -0.39 is 0 Å². The number of anilines is 1. The summed E-state index contributed by atoms with van der Waals surface area (Å²) in [5.74, 6) is 0.329. The van der Waals surface area contributed by atoms with Gasteiger partial charge in [0.15, 0.2) is 5.96 Å². The second kappa shape index (κ2) is 6.93. The fraction of sp³-hybridized carbons (Fsp3) is 0.467. The van der Waals surface area contributed by atoms with E-state index in [2.05, 4.69) is 17.2 Å². The van der Waals surface area contributed by atoms with Crippen LogP contribution in [0.4, 0.5) is 5.69 Å². The van der Waals surface area contributed by atoms with Gasteiger partial charge in [0.2, 0.25) is 5.91 Å². The standard InChI is InChI=1S/C15H22N4O/c1-2-12-5-7-13(8-6-12)18-15(16)17-11-14(20)19-9-3-4-10-19/h5-8H,2-4,9-11H2,1H3,(H3,16,17,18). The molecule has 2 rings (SSSR count). The van der Waals surface area contributed by atoms with Crippen molar-refractivity contribution in [1.29, 1.82) is 0 Å². The monoisotopic (exact) mass is 274 g/mol. The minimum atomic E-state index is 0.0496. The number of carbonyl (C=O) groups excluding carboxylic acids is 1. The molecule has 0 radical (unpaired) electrons. The third-order valence-corrected chi connectivity index (χ3v) is 3.48. The molecule has 0 aromatic heterocycles. The molecule has 5 heteroatoms. The Morgan fingerprint density at radius 1 is 1.30 bits per heavy atom. The summed E-state index contributed by atoms with van der Waals surface area (Å²) in [5.41, 5.74) is 7.95. The minimum absolute atomic E-state index is 0.0496. The number of benzene rings is 1. The van der Waals surface area contributed by atoms with Crippen molar-refractivity contribution in [3.05, 3.63) is 29.8 Å². The normalized spacial score (nSPS) is 15.4. The first-order chi connectivity index (χ1) is 9.69. The molecule has 0 bridgehead atoms. The van der Waals surface area contributed by atoms with E-state index in [4.69, 9.17) is 5.73 Å². The summed E-state index contributed by atoms with van der Waals surface area (Å²) < 4.78 is 0. The first-order valence-electron chi connectivity index (χ1n) is 7.12. The van der Waals surface area contributed by atoms with Crippen LogP contribution in [0, 0.1) is 0 Å². The number of guanidine groups is 1. The molecular weight excluding hydrogens is 252 g/mol. The summed E-state index contributed by atoms with van der Waals surface area (Å²) in [5, 5.41) is 3.00. The highest BCUT2D eigenvalue weighted by Crippen LogP contribution is 2.10. The molecule has 1 heterocycles. The molecule has 1 saturated heterocycles. The summed E-state index contributed by atoms with van der Waals surface area (Å²) in [7, 11) is 0. The summed E-state index contributed by atoms with van der Waals surface area (Å²) in [4.78, 5) is 17.8. The smallest absolute Gasteiger partial charge is 0.244 e. The maximum Gasteiger partial charge on any atom is 0.244 e. The van der Waals surface area contributed by atoms with Crippen molar-refractivity contribution in [3.63, 3.8) is 0 Å². The van der Waals surface area contributed by atoms with Crippen molar-refractivity contribution in [1.82, 2.24) is 4.90 Å². The molecule has 0 spiro atoms. The van der Waals surface area contributed by atoms with Crippen molar-refractivity contribution in [2.24, 2.45) is 10.7 Å². The molecule has 108 valence electrons. The van der Waals surface area contributed by atoms with Gasteiger partial charge in [-0.2, -0.15) is 0 Å². The molecule has 1 aliphatic rings. The lowest BCUT2D eigenvalue weighted by Crippen LogP contribution is -2.31. The molecule has 1 aliphatic heterocycles. The van der Waals surface area contributed by atoms with Gasteiger partial charge < -0.3 is 16.0 Å². The fourth-order valence-corrected chi connectivity index (χ4v) is 2.23. The van der Waals surface area contributed by atoms with Crippen LogP contribution in [-0.4, -0.2) is 36.4 Å². The molecule has 0 atom stereocenters. The van der Waals surface area contributed by atoms with E-state index in [1.165, 1.54) is 5.56 Å². The van der Waals surface area contributed by atoms with Crippen LogP contribution in [0.2, 0.25) is 0 Å². The van der Waals surface area contributed by atoms with Gasteiger partial charge in [-0.1, -0.05) is 19.1 Å². The van der Waals surface area contributed by atoms with Crippen molar-refractivity contribution >= 4 is 17.6 Å². The van der Waals surface area contributed by atoms with Crippen LogP contribution >= 0.6 is 0 Å². The van der Waals surface area contributed by atoms with Crippen LogP contribution in [0.1, 0.15) is 25.3 Å². The summed E-state index contributed by atoms with van der Waals surface area (Å²) >= 11 is 0. The van der Waals surface area contributed by atoms with Crippen LogP contribution in [0.5, 0.6) is 0 Å². The van der Waals surface area contributed by atoms with Gasteiger partial charge in [0.25, 0.3) is 0 Å². The van der Waals surface area contributed by atoms with Crippen LogP contribution < -0.4 is 11.1 Å². The van der Waals surface area contributed by atoms with Gasteiger partial charge in [-0.25, -0.2) is 4.99 Å². The van der Waals surface area contributed by atoms with Gasteiger partial charge in [0.1, 0.15) is 6.54 Å². The number of hydrogen-bond donors (Lipinski definition) is 2. The third-order valence-electron chi connectivity index (χ3n) is 3.48. The van der Waals surface area contributed by atoms with Gasteiger partial charge in [-0.3, -0.25) is 4.79 Å². The number of aliphatic imine (C=N–C) groups is 1. The molecule has 1 aromatic rings. The Hall–Kier alpha value is -2.04. The molecule has 20 heavy (non-hydrogen) atoms. The number of nitrogens with zero attached hydrogens (tertiary/aromatic N) is 2. The average molecular weight is 274 g/mol. The molecule has 5 nitrogen and oxygen atoms in total. The van der Waals surface area contributed by atoms with Crippen LogP contribution in [0.3, 0.4) is 0 Å². The molecular formula is C15H22N4O. The Morgan fingerprint density at radius 2 is 1.95 bits per heavy atom. The number of nitrogens with two attached hydrogens (primary N) is 1. The fourth-order valence-electron chi connectivity index (χ4n) is 2.23. The van der Waals surface area contributed by atoms with Crippen LogP contribution in [0.25, 0.3) is 0 Å². The van der Waals surface area contributed by atoms with Crippen LogP contribution in [-0.2, 0) is 11.2 Å². The zero-order chi connectivity index (χ0) is 14.4. The first-order valence-corrected chi connectivity index (χ1v) is 7.12. The molecule has 0 saturated carbocycles. The van der Waals surface area contributed by atoms with E-state index in [9.17, 15) is 4.79 Å². The number of likely N-dealkylation sites (tertiary alicyclic amines) is 1. The van der Waals surface area contributed by atoms with E-state index in [1.807, 2.05) is 29.2 Å². The van der Waals surface area contributed by atoms with Gasteiger partial charge in [0.05, 0.1) is 0 Å². The molecule has 3 N–H and O–H groups in total. The zero-order valence-electron chi connectivity index (χ0n) is 11.9. The Kier molecular flexibility index (Phi) is 4.98. The van der Waals surface area contributed by atoms with Crippen molar-refractivity contribution < 1.29 is 4.79 Å². The van der Waals surface area contributed by atoms with Gasteiger partial charge in [-0.15, -0.1) is 0 Å². The minimum Gasteiger partial charge on any atom is -0.370 e. The lowest BCUT2D eigenvalue weighted by molar-refractivity contribution is -0.128. The molecule has 0 aliphatic carbocycles. The Bertz CT molecular complexity index is 475. The zero-order valence-corrected chi connectivity index (χ0v) is 11.9. The Labute approximate surface area is 119 Å². The quantitative estimate of drug-likeness (QED) is 0.647. The van der Waals surface area contributed by atoms with Gasteiger partial charge >= 0.3 is 0 Å². The number of rotatable bonds is 4. The van der Waals surface area contributed by atoms with E-state index in [1.54, 1.807) is 0 Å². The topological polar surface area (TPSA) is 70.7 Å².